The van der Waals surface area contributed by atoms with Crippen LogP contribution in [-0.4, -0.2) is 25.6 Å². The molecule has 0 saturated heterocycles. The van der Waals surface area contributed by atoms with E-state index in [0.29, 0.717) is 21.3 Å². The summed E-state index contributed by atoms with van der Waals surface area (Å²) in [5.41, 5.74) is 1.47. The molecule has 8 heteroatoms. The van der Waals surface area contributed by atoms with E-state index >= 15 is 0 Å². The first-order valence-corrected chi connectivity index (χ1v) is 10.1. The molecule has 26 heavy (non-hydrogen) atoms. The van der Waals surface area contributed by atoms with Crippen molar-refractivity contribution in [3.05, 3.63) is 43.7 Å². The van der Waals surface area contributed by atoms with E-state index in [2.05, 4.69) is 21.2 Å². The Bertz CT molecular complexity index is 852. The van der Waals surface area contributed by atoms with Crippen molar-refractivity contribution in [1.82, 2.24) is 0 Å². The minimum absolute atomic E-state index is 0.204. The maximum Gasteiger partial charge on any atom is 0.341 e. The standard InChI is InChI=1S/C18H17BrClNO4S/c1-24-18(23)16-11-4-2-3-5-14(11)26-17(16)21-15(22)9-25-13-7-6-10(19)8-12(13)20/h6-8H,2-5,9H2,1H3,(H,21,22). The molecule has 1 aliphatic rings. The number of esters is 1. The number of nitrogens with one attached hydrogen (secondary N) is 1. The van der Waals surface area contributed by atoms with Crippen LogP contribution in [0.5, 0.6) is 5.75 Å². The molecule has 0 aliphatic heterocycles. The first kappa shape index (κ1) is 19.2. The Kier molecular flexibility index (Phi) is 6.21. The number of carbonyl (C=O) groups excluding carboxylic acids is 2. The third-order valence-corrected chi connectivity index (χ3v) is 6.06. The fourth-order valence-electron chi connectivity index (χ4n) is 2.87. The highest BCUT2D eigenvalue weighted by molar-refractivity contribution is 9.10. The van der Waals surface area contributed by atoms with Crippen molar-refractivity contribution >= 4 is 55.7 Å². The second kappa shape index (κ2) is 8.41. The van der Waals surface area contributed by atoms with Crippen LogP contribution in [0.2, 0.25) is 5.02 Å². The molecule has 1 heterocycles. The fraction of sp³-hybridized carbons (Fsp3) is 0.333. The summed E-state index contributed by atoms with van der Waals surface area (Å²) in [7, 11) is 1.35. The number of benzene rings is 1. The van der Waals surface area contributed by atoms with Crippen molar-refractivity contribution in [3.8, 4) is 5.75 Å². The summed E-state index contributed by atoms with van der Waals surface area (Å²) in [5, 5.41) is 3.72. The third kappa shape index (κ3) is 4.22. The number of rotatable bonds is 5. The van der Waals surface area contributed by atoms with Gasteiger partial charge in [-0.05, 0) is 49.4 Å². The third-order valence-electron chi connectivity index (χ3n) is 4.07. The van der Waals surface area contributed by atoms with Crippen molar-refractivity contribution in [1.29, 1.82) is 0 Å². The van der Waals surface area contributed by atoms with Crippen LogP contribution in [0.4, 0.5) is 5.00 Å². The maximum atomic E-state index is 12.3. The lowest BCUT2D eigenvalue weighted by atomic mass is 9.95. The number of hydrogen-bond acceptors (Lipinski definition) is 5. The zero-order chi connectivity index (χ0) is 18.7. The molecule has 0 saturated carbocycles. The lowest BCUT2D eigenvalue weighted by molar-refractivity contribution is -0.118. The normalized spacial score (nSPS) is 13.0. The zero-order valence-corrected chi connectivity index (χ0v) is 17.2. The van der Waals surface area contributed by atoms with E-state index in [1.54, 1.807) is 18.2 Å². The van der Waals surface area contributed by atoms with Crippen LogP contribution < -0.4 is 10.1 Å². The van der Waals surface area contributed by atoms with Crippen molar-refractivity contribution in [3.63, 3.8) is 0 Å². The van der Waals surface area contributed by atoms with Crippen molar-refractivity contribution in [2.45, 2.75) is 25.7 Å². The highest BCUT2D eigenvalue weighted by atomic mass is 79.9. The largest absolute Gasteiger partial charge is 0.482 e. The maximum absolute atomic E-state index is 12.3. The first-order chi connectivity index (χ1) is 12.5. The van der Waals surface area contributed by atoms with Gasteiger partial charge in [-0.25, -0.2) is 4.79 Å². The van der Waals surface area contributed by atoms with E-state index in [0.717, 1.165) is 40.6 Å². The van der Waals surface area contributed by atoms with Crippen LogP contribution in [-0.2, 0) is 22.4 Å². The highest BCUT2D eigenvalue weighted by Gasteiger charge is 2.27. The van der Waals surface area contributed by atoms with Crippen LogP contribution in [0.25, 0.3) is 0 Å². The Morgan fingerprint density at radius 2 is 2.08 bits per heavy atom. The molecule has 1 amide bonds. The van der Waals surface area contributed by atoms with E-state index in [1.807, 2.05) is 0 Å². The Labute approximate surface area is 168 Å². The SMILES string of the molecule is COC(=O)c1c(NC(=O)COc2ccc(Br)cc2Cl)sc2c1CCCC2. The van der Waals surface area contributed by atoms with Gasteiger partial charge >= 0.3 is 5.97 Å². The number of fused-ring (bicyclic) bond motifs is 1. The molecule has 1 N–H and O–H groups in total. The summed E-state index contributed by atoms with van der Waals surface area (Å²) in [5.74, 6) is -0.354. The Hall–Kier alpha value is -1.57. The van der Waals surface area contributed by atoms with E-state index in [1.165, 1.54) is 18.4 Å². The number of methoxy groups -OCH3 is 1. The molecule has 0 fully saturated rings. The van der Waals surface area contributed by atoms with Crippen LogP contribution in [0.3, 0.4) is 0 Å². The topological polar surface area (TPSA) is 64.6 Å². The van der Waals surface area contributed by atoms with Gasteiger partial charge in [-0.3, -0.25) is 4.79 Å². The quantitative estimate of drug-likeness (QED) is 0.651. The van der Waals surface area contributed by atoms with Gasteiger partial charge in [0, 0.05) is 9.35 Å². The molecule has 0 bridgehead atoms. The average molecular weight is 459 g/mol. The first-order valence-electron chi connectivity index (χ1n) is 8.10. The Morgan fingerprint density at radius 1 is 1.31 bits per heavy atom. The summed E-state index contributed by atoms with van der Waals surface area (Å²) >= 11 is 10.8. The lowest BCUT2D eigenvalue weighted by Crippen LogP contribution is -2.21. The number of halogens is 2. The van der Waals surface area contributed by atoms with E-state index in [4.69, 9.17) is 21.1 Å². The molecule has 2 aromatic rings. The second-order valence-corrected chi connectivity index (χ2v) is 8.25. The molecule has 138 valence electrons. The Balaban J connectivity index is 1.72. The minimum atomic E-state index is -0.420. The monoisotopic (exact) mass is 457 g/mol. The molecule has 0 unspecified atom stereocenters. The van der Waals surface area contributed by atoms with Crippen LogP contribution in [0, 0.1) is 0 Å². The number of carbonyl (C=O) groups is 2. The van der Waals surface area contributed by atoms with Gasteiger partial charge in [0.25, 0.3) is 5.91 Å². The molecule has 1 aromatic carbocycles. The van der Waals surface area contributed by atoms with Gasteiger partial charge in [0.1, 0.15) is 10.8 Å². The number of hydrogen-bond donors (Lipinski definition) is 1. The molecular formula is C18H17BrClNO4S. The van der Waals surface area contributed by atoms with Crippen molar-refractivity contribution in [2.75, 3.05) is 19.0 Å². The minimum Gasteiger partial charge on any atom is -0.482 e. The summed E-state index contributed by atoms with van der Waals surface area (Å²) in [6.45, 7) is -0.204. The van der Waals surface area contributed by atoms with Crippen LogP contribution in [0.15, 0.2) is 22.7 Å². The number of thiophene rings is 1. The van der Waals surface area contributed by atoms with Gasteiger partial charge < -0.3 is 14.8 Å². The highest BCUT2D eigenvalue weighted by Crippen LogP contribution is 2.38. The van der Waals surface area contributed by atoms with Crippen LogP contribution >= 0.6 is 38.9 Å². The van der Waals surface area contributed by atoms with Gasteiger partial charge in [0.05, 0.1) is 17.7 Å². The Morgan fingerprint density at radius 3 is 2.81 bits per heavy atom. The van der Waals surface area contributed by atoms with Gasteiger partial charge in [-0.1, -0.05) is 27.5 Å². The molecule has 3 rings (SSSR count). The molecular weight excluding hydrogens is 442 g/mol. The average Bonchev–Trinajstić information content (AvgIpc) is 2.98. The van der Waals surface area contributed by atoms with Crippen molar-refractivity contribution in [2.24, 2.45) is 0 Å². The molecule has 5 nitrogen and oxygen atoms in total. The van der Waals surface area contributed by atoms with Gasteiger partial charge in [0.2, 0.25) is 0 Å². The number of anilines is 1. The molecule has 1 aliphatic carbocycles. The van der Waals surface area contributed by atoms with E-state index < -0.39 is 5.97 Å². The molecule has 0 atom stereocenters. The lowest BCUT2D eigenvalue weighted by Gasteiger charge is -2.12. The fourth-order valence-corrected chi connectivity index (χ4v) is 4.89. The number of aryl methyl sites for hydroxylation is 1. The molecule has 0 radical (unpaired) electrons. The van der Waals surface area contributed by atoms with Crippen molar-refractivity contribution < 1.29 is 19.1 Å². The summed E-state index contributed by atoms with van der Waals surface area (Å²) < 4.78 is 11.2. The molecule has 0 spiro atoms. The van der Waals surface area contributed by atoms with E-state index in [-0.39, 0.29) is 12.5 Å². The van der Waals surface area contributed by atoms with Gasteiger partial charge in [-0.15, -0.1) is 11.3 Å². The summed E-state index contributed by atoms with van der Waals surface area (Å²) in [4.78, 5) is 25.6. The number of amides is 1. The van der Waals surface area contributed by atoms with E-state index in [9.17, 15) is 9.59 Å². The molecule has 1 aromatic heterocycles. The van der Waals surface area contributed by atoms with Crippen LogP contribution in [0.1, 0.15) is 33.6 Å². The predicted molar refractivity (Wildman–Crippen MR) is 106 cm³/mol. The zero-order valence-electron chi connectivity index (χ0n) is 14.1. The smallest absolute Gasteiger partial charge is 0.341 e. The second-order valence-electron chi connectivity index (χ2n) is 5.82. The number of ether oxygens (including phenoxy) is 2. The summed E-state index contributed by atoms with van der Waals surface area (Å²) in [6.07, 6.45) is 3.88. The van der Waals surface area contributed by atoms with Gasteiger partial charge in [-0.2, -0.15) is 0 Å². The summed E-state index contributed by atoms with van der Waals surface area (Å²) in [6, 6.07) is 5.16. The van der Waals surface area contributed by atoms with Gasteiger partial charge in [0.15, 0.2) is 6.61 Å². The predicted octanol–water partition coefficient (Wildman–Crippen LogP) is 4.85.